The minimum absolute atomic E-state index is 0.0911. The normalized spacial score (nSPS) is 15.2. The largest absolute Gasteiger partial charge is 0.351 e. The minimum atomic E-state index is -0.0911. The molecule has 0 radical (unpaired) electrons. The Balaban J connectivity index is 4.04. The predicted octanol–water partition coefficient (Wildman–Crippen LogP) is 2.25. The predicted molar refractivity (Wildman–Crippen MR) is 72.9 cm³/mol. The summed E-state index contributed by atoms with van der Waals surface area (Å²) in [5.41, 5.74) is 0. The van der Waals surface area contributed by atoms with E-state index in [1.54, 1.807) is 0 Å². The van der Waals surface area contributed by atoms with Gasteiger partial charge in [-0.3, -0.25) is 4.79 Å². The number of halogens is 1. The average molecular weight is 293 g/mol. The lowest BCUT2D eigenvalue weighted by atomic mass is 10.1. The van der Waals surface area contributed by atoms with E-state index in [2.05, 4.69) is 46.9 Å². The summed E-state index contributed by atoms with van der Waals surface area (Å²) in [5.74, 6) is 0.412. The smallest absolute Gasteiger partial charge is 0.234 e. The first-order valence-corrected chi connectivity index (χ1v) is 7.00. The minimum Gasteiger partial charge on any atom is -0.351 e. The Morgan fingerprint density at radius 1 is 1.25 bits per heavy atom. The van der Waals surface area contributed by atoms with E-state index in [4.69, 9.17) is 0 Å². The molecule has 1 N–H and O–H groups in total. The molecule has 0 aromatic heterocycles. The Kier molecular flexibility index (Phi) is 8.02. The van der Waals surface area contributed by atoms with Gasteiger partial charge >= 0.3 is 0 Å². The van der Waals surface area contributed by atoms with Crippen molar-refractivity contribution in [2.45, 2.75) is 45.5 Å². The Labute approximate surface area is 108 Å². The van der Waals surface area contributed by atoms with E-state index in [0.717, 1.165) is 19.6 Å². The second-order valence-electron chi connectivity index (χ2n) is 4.54. The lowest BCUT2D eigenvalue weighted by molar-refractivity contribution is -0.121. The SMILES string of the molecule is CCN(CC)CC(C)NC(=O)C(Br)C(C)C. The number of rotatable bonds is 7. The number of nitrogens with zero attached hydrogens (tertiary/aromatic N) is 1. The fraction of sp³-hybridized carbons (Fsp3) is 0.917. The maximum absolute atomic E-state index is 11.8. The van der Waals surface area contributed by atoms with Crippen LogP contribution in [0.15, 0.2) is 0 Å². The number of carbonyl (C=O) groups excluding carboxylic acids is 1. The van der Waals surface area contributed by atoms with Gasteiger partial charge in [0.1, 0.15) is 0 Å². The zero-order valence-corrected chi connectivity index (χ0v) is 12.7. The van der Waals surface area contributed by atoms with Gasteiger partial charge < -0.3 is 10.2 Å². The van der Waals surface area contributed by atoms with E-state index in [-0.39, 0.29) is 16.8 Å². The number of amides is 1. The summed E-state index contributed by atoms with van der Waals surface area (Å²) in [4.78, 5) is 14.0. The van der Waals surface area contributed by atoms with Crippen LogP contribution in [0.4, 0.5) is 0 Å². The number of likely N-dealkylation sites (N-methyl/N-ethyl adjacent to an activating group) is 1. The molecular weight excluding hydrogens is 268 g/mol. The molecule has 0 aliphatic carbocycles. The molecule has 0 bridgehead atoms. The van der Waals surface area contributed by atoms with Crippen molar-refractivity contribution in [1.82, 2.24) is 10.2 Å². The summed E-state index contributed by atoms with van der Waals surface area (Å²) >= 11 is 3.41. The summed E-state index contributed by atoms with van der Waals surface area (Å²) in [6, 6.07) is 0.200. The summed E-state index contributed by atoms with van der Waals surface area (Å²) in [6.45, 7) is 13.4. The summed E-state index contributed by atoms with van der Waals surface area (Å²) < 4.78 is 0. The van der Waals surface area contributed by atoms with Crippen LogP contribution in [-0.2, 0) is 4.79 Å². The average Bonchev–Trinajstić information content (AvgIpc) is 2.24. The van der Waals surface area contributed by atoms with Gasteiger partial charge in [0.15, 0.2) is 0 Å². The molecule has 0 fully saturated rings. The van der Waals surface area contributed by atoms with Gasteiger partial charge in [-0.2, -0.15) is 0 Å². The molecule has 16 heavy (non-hydrogen) atoms. The molecular formula is C12H25BrN2O. The molecule has 96 valence electrons. The highest BCUT2D eigenvalue weighted by atomic mass is 79.9. The molecule has 0 aromatic carbocycles. The van der Waals surface area contributed by atoms with Crippen LogP contribution >= 0.6 is 15.9 Å². The second kappa shape index (κ2) is 8.07. The lowest BCUT2D eigenvalue weighted by Gasteiger charge is -2.24. The highest BCUT2D eigenvalue weighted by Gasteiger charge is 2.20. The Morgan fingerprint density at radius 3 is 2.12 bits per heavy atom. The van der Waals surface area contributed by atoms with Gasteiger partial charge in [-0.15, -0.1) is 0 Å². The van der Waals surface area contributed by atoms with Crippen LogP contribution < -0.4 is 5.32 Å². The van der Waals surface area contributed by atoms with E-state index >= 15 is 0 Å². The third kappa shape index (κ3) is 5.85. The third-order valence-electron chi connectivity index (χ3n) is 2.65. The van der Waals surface area contributed by atoms with Gasteiger partial charge in [-0.05, 0) is 25.9 Å². The van der Waals surface area contributed by atoms with E-state index in [1.807, 2.05) is 13.8 Å². The van der Waals surface area contributed by atoms with Gasteiger partial charge in [-0.1, -0.05) is 43.6 Å². The highest BCUT2D eigenvalue weighted by Crippen LogP contribution is 2.11. The maximum atomic E-state index is 11.8. The standard InChI is InChI=1S/C12H25BrN2O/c1-6-15(7-2)8-10(5)14-12(16)11(13)9(3)4/h9-11H,6-8H2,1-5H3,(H,14,16). The van der Waals surface area contributed by atoms with Crippen molar-refractivity contribution in [3.8, 4) is 0 Å². The van der Waals surface area contributed by atoms with Crippen LogP contribution in [0.25, 0.3) is 0 Å². The first-order chi connectivity index (χ1) is 7.42. The van der Waals surface area contributed by atoms with Gasteiger partial charge in [0.25, 0.3) is 0 Å². The molecule has 0 heterocycles. The number of hydrogen-bond acceptors (Lipinski definition) is 2. The first-order valence-electron chi connectivity index (χ1n) is 6.09. The van der Waals surface area contributed by atoms with Gasteiger partial charge in [0.2, 0.25) is 5.91 Å². The van der Waals surface area contributed by atoms with E-state index in [9.17, 15) is 4.79 Å². The number of carbonyl (C=O) groups is 1. The molecule has 2 atom stereocenters. The Hall–Kier alpha value is -0.0900. The van der Waals surface area contributed by atoms with E-state index in [1.165, 1.54) is 0 Å². The van der Waals surface area contributed by atoms with E-state index in [0.29, 0.717) is 5.92 Å². The molecule has 0 spiro atoms. The van der Waals surface area contributed by atoms with Crippen LogP contribution in [0, 0.1) is 5.92 Å². The fourth-order valence-electron chi connectivity index (χ4n) is 1.54. The quantitative estimate of drug-likeness (QED) is 0.730. The van der Waals surface area contributed by atoms with Gasteiger partial charge in [0.05, 0.1) is 4.83 Å². The van der Waals surface area contributed by atoms with Crippen LogP contribution in [0.2, 0.25) is 0 Å². The van der Waals surface area contributed by atoms with Crippen molar-refractivity contribution in [1.29, 1.82) is 0 Å². The number of nitrogens with one attached hydrogen (secondary N) is 1. The van der Waals surface area contributed by atoms with Crippen LogP contribution in [0.5, 0.6) is 0 Å². The fourth-order valence-corrected chi connectivity index (χ4v) is 1.67. The molecule has 0 saturated carbocycles. The van der Waals surface area contributed by atoms with E-state index < -0.39 is 0 Å². The Morgan fingerprint density at radius 2 is 1.75 bits per heavy atom. The zero-order valence-electron chi connectivity index (χ0n) is 11.1. The first kappa shape index (κ1) is 15.9. The van der Waals surface area contributed by atoms with Crippen molar-refractivity contribution in [2.75, 3.05) is 19.6 Å². The van der Waals surface area contributed by atoms with Gasteiger partial charge in [-0.25, -0.2) is 0 Å². The van der Waals surface area contributed by atoms with Crippen LogP contribution in [-0.4, -0.2) is 41.3 Å². The lowest BCUT2D eigenvalue weighted by Crippen LogP contribution is -2.45. The molecule has 0 saturated heterocycles. The summed E-state index contributed by atoms with van der Waals surface area (Å²) in [5, 5.41) is 3.03. The molecule has 4 heteroatoms. The van der Waals surface area contributed by atoms with Crippen molar-refractivity contribution < 1.29 is 4.79 Å². The second-order valence-corrected chi connectivity index (χ2v) is 5.53. The van der Waals surface area contributed by atoms with Crippen molar-refractivity contribution in [2.24, 2.45) is 5.92 Å². The van der Waals surface area contributed by atoms with Crippen LogP contribution in [0.3, 0.4) is 0 Å². The van der Waals surface area contributed by atoms with Crippen molar-refractivity contribution in [3.05, 3.63) is 0 Å². The number of alkyl halides is 1. The molecule has 0 aromatic rings. The summed E-state index contributed by atoms with van der Waals surface area (Å²) in [6.07, 6.45) is 0. The molecule has 2 unspecified atom stereocenters. The summed E-state index contributed by atoms with van der Waals surface area (Å²) in [7, 11) is 0. The monoisotopic (exact) mass is 292 g/mol. The van der Waals surface area contributed by atoms with Crippen molar-refractivity contribution in [3.63, 3.8) is 0 Å². The molecule has 0 aliphatic heterocycles. The maximum Gasteiger partial charge on any atom is 0.234 e. The Bertz CT molecular complexity index is 205. The molecule has 1 amide bonds. The highest BCUT2D eigenvalue weighted by molar-refractivity contribution is 9.10. The zero-order chi connectivity index (χ0) is 12.7. The van der Waals surface area contributed by atoms with Gasteiger partial charge in [0, 0.05) is 12.6 Å². The molecule has 3 nitrogen and oxygen atoms in total. The topological polar surface area (TPSA) is 32.3 Å². The molecule has 0 aliphatic rings. The van der Waals surface area contributed by atoms with Crippen LogP contribution in [0.1, 0.15) is 34.6 Å². The van der Waals surface area contributed by atoms with Crippen molar-refractivity contribution >= 4 is 21.8 Å². The number of hydrogen-bond donors (Lipinski definition) is 1. The molecule has 0 rings (SSSR count). The third-order valence-corrected chi connectivity index (χ3v) is 4.12.